The first kappa shape index (κ1) is 45.1. The van der Waals surface area contributed by atoms with Crippen molar-refractivity contribution in [3.05, 3.63) is 187 Å². The largest absolute Gasteiger partial charge is 0 e. The maximum absolute atomic E-state index is 15.0. The van der Waals surface area contributed by atoms with Gasteiger partial charge < -0.3 is 8.98 Å². The van der Waals surface area contributed by atoms with Gasteiger partial charge in [-0.3, -0.25) is 9.97 Å². The van der Waals surface area contributed by atoms with E-state index in [2.05, 4.69) is 102 Å². The average Bonchev–Trinajstić information content (AvgIpc) is 3.86. The number of hydrogen-bond acceptors (Lipinski definition) is 4. The first-order valence-corrected chi connectivity index (χ1v) is 29.1. The Morgan fingerprint density at radius 2 is 1.50 bits per heavy atom. The van der Waals surface area contributed by atoms with E-state index < -0.39 is 19.2 Å². The molecule has 0 aliphatic rings. The monoisotopic (exact) mass is 1110 g/mol. The normalized spacial score (nSPS) is 12.2. The maximum atomic E-state index is 15.0. The van der Waals surface area contributed by atoms with Gasteiger partial charge in [-0.25, -0.2) is 8.78 Å². The van der Waals surface area contributed by atoms with Crippen LogP contribution >= 0.6 is 0 Å². The SMILES string of the molecule is CC(C)(C)c1cccc(-c2ccccc2)c1-n1c(-c2[c-]ccc3c2oc2cc(-c4ccc(F)cc4)cnc23)nc2ccc(F)cc21.[2H]C(C)(C)c1c[c-]c(-c2cc[c]([Ge]([CH3])([CH3])[CH3])cn2)cc1.[Ir]. The summed E-state index contributed by atoms with van der Waals surface area (Å²) in [7, 11) is 0. The van der Waals surface area contributed by atoms with Gasteiger partial charge in [0.15, 0.2) is 0 Å². The van der Waals surface area contributed by atoms with E-state index in [1.165, 1.54) is 28.7 Å². The van der Waals surface area contributed by atoms with Crippen molar-refractivity contribution in [2.45, 2.75) is 63.2 Å². The second kappa shape index (κ2) is 18.7. The summed E-state index contributed by atoms with van der Waals surface area (Å²) in [4.78, 5) is 14.4. The van der Waals surface area contributed by atoms with Crippen LogP contribution in [-0.4, -0.2) is 32.8 Å². The Morgan fingerprint density at radius 1 is 0.742 bits per heavy atom. The van der Waals surface area contributed by atoms with Crippen molar-refractivity contribution >= 4 is 50.8 Å². The zero-order valence-electron chi connectivity index (χ0n) is 39.2. The molecular weight excluding hydrogens is 1060 g/mol. The van der Waals surface area contributed by atoms with Crippen LogP contribution in [0, 0.1) is 23.8 Å². The van der Waals surface area contributed by atoms with Gasteiger partial charge in [0.1, 0.15) is 17.2 Å². The second-order valence-electron chi connectivity index (χ2n) is 18.7. The molecule has 1 radical (unpaired) electrons. The topological polar surface area (TPSA) is 56.7 Å². The molecule has 333 valence electrons. The summed E-state index contributed by atoms with van der Waals surface area (Å²) in [5, 5.41) is 0.812. The number of benzene rings is 6. The molecule has 0 saturated heterocycles. The molecule has 5 nitrogen and oxygen atoms in total. The standard InChI is InChI=1S/C40H28F2N3O.C17H22GeN.Ir/c1-40(2,3)32-14-8-11-29(25-9-5-4-6-10-25)37(32)45-34-22-28(42)19-20-33(34)44-39(45)31-13-7-12-30-36-35(46-38(30)31)21-26(23-43-36)24-15-17-27(41)18-16-24;1-13(2)14-6-8-15(9-7-14)17-11-10-16(12-19-17)18(3,4)5;/h4-12,14-23H,1-3H3;6-8,10-13H,1-5H3;/q2*-1;/i;13D;. The van der Waals surface area contributed by atoms with Gasteiger partial charge in [-0.15, -0.1) is 18.2 Å². The first-order valence-electron chi connectivity index (χ1n) is 22.3. The Balaban J connectivity index is 0.000000244. The number of imidazole rings is 1. The van der Waals surface area contributed by atoms with Gasteiger partial charge in [0.05, 0.1) is 33.6 Å². The molecule has 9 heteroatoms. The van der Waals surface area contributed by atoms with Crippen LogP contribution in [-0.2, 0) is 25.5 Å². The molecule has 66 heavy (non-hydrogen) atoms. The van der Waals surface area contributed by atoms with Gasteiger partial charge in [0, 0.05) is 37.4 Å². The zero-order valence-corrected chi connectivity index (χ0v) is 42.7. The summed E-state index contributed by atoms with van der Waals surface area (Å²) < 4.78 is 46.6. The summed E-state index contributed by atoms with van der Waals surface area (Å²) in [6, 6.07) is 50.0. The van der Waals surface area contributed by atoms with Crippen LogP contribution in [0.4, 0.5) is 8.78 Å². The number of fused-ring (bicyclic) bond motifs is 4. The van der Waals surface area contributed by atoms with Crippen LogP contribution in [0.2, 0.25) is 17.3 Å². The Kier molecular flexibility index (Phi) is 12.8. The molecule has 0 atom stereocenters. The molecule has 0 amide bonds. The van der Waals surface area contributed by atoms with Crippen LogP contribution in [0.5, 0.6) is 0 Å². The molecule has 0 fully saturated rings. The van der Waals surface area contributed by atoms with Gasteiger partial charge >= 0.3 is 120 Å². The molecule has 10 aromatic rings. The third-order valence-corrected chi connectivity index (χ3v) is 16.0. The van der Waals surface area contributed by atoms with Crippen molar-refractivity contribution in [1.82, 2.24) is 19.5 Å². The molecule has 0 bridgehead atoms. The molecule has 0 aliphatic heterocycles. The van der Waals surface area contributed by atoms with E-state index in [-0.39, 0.29) is 37.2 Å². The summed E-state index contributed by atoms with van der Waals surface area (Å²) in [6.45, 7) is 10.3. The number of furan rings is 1. The van der Waals surface area contributed by atoms with Gasteiger partial charge in [0.2, 0.25) is 0 Å². The van der Waals surface area contributed by atoms with E-state index in [1.54, 1.807) is 24.4 Å². The van der Waals surface area contributed by atoms with Gasteiger partial charge in [-0.1, -0.05) is 87.0 Å². The van der Waals surface area contributed by atoms with E-state index in [1.807, 2.05) is 74.6 Å². The summed E-state index contributed by atoms with van der Waals surface area (Å²) in [5.74, 6) is 6.46. The Bertz CT molecular complexity index is 3310. The molecule has 4 heterocycles. The predicted octanol–water partition coefficient (Wildman–Crippen LogP) is 14.9. The smallest absolute Gasteiger partial charge is 0 e. The number of para-hydroxylation sites is 1. The Hall–Kier alpha value is -6.06. The molecule has 0 spiro atoms. The fourth-order valence-corrected chi connectivity index (χ4v) is 10.3. The third kappa shape index (κ3) is 9.32. The van der Waals surface area contributed by atoms with E-state index in [9.17, 15) is 8.78 Å². The third-order valence-electron chi connectivity index (χ3n) is 11.7. The second-order valence-corrected chi connectivity index (χ2v) is 29.3. The number of hydrogen-bond donors (Lipinski definition) is 0. The van der Waals surface area contributed by atoms with Gasteiger partial charge in [-0.05, 0) is 63.9 Å². The number of rotatable bonds is 7. The zero-order chi connectivity index (χ0) is 46.5. The van der Waals surface area contributed by atoms with Crippen LogP contribution < -0.4 is 4.40 Å². The van der Waals surface area contributed by atoms with Crippen molar-refractivity contribution in [3.63, 3.8) is 0 Å². The predicted molar refractivity (Wildman–Crippen MR) is 265 cm³/mol. The summed E-state index contributed by atoms with van der Waals surface area (Å²) >= 11 is -1.78. The maximum Gasteiger partial charge on any atom is 0 e. The molecule has 0 saturated carbocycles. The van der Waals surface area contributed by atoms with Crippen molar-refractivity contribution in [1.29, 1.82) is 0 Å². The number of pyridine rings is 2. The Labute approximate surface area is 403 Å². The minimum Gasteiger partial charge on any atom is 0 e. The van der Waals surface area contributed by atoms with E-state index >= 15 is 0 Å². The summed E-state index contributed by atoms with van der Waals surface area (Å²) in [5.41, 5.74) is 12.1. The molecule has 0 N–H and O–H groups in total. The molecule has 4 aromatic heterocycles. The van der Waals surface area contributed by atoms with Crippen LogP contribution in [0.25, 0.3) is 83.7 Å². The Morgan fingerprint density at radius 3 is 2.17 bits per heavy atom. The number of aromatic nitrogens is 4. The molecule has 0 unspecified atom stereocenters. The minimum absolute atomic E-state index is 0. The van der Waals surface area contributed by atoms with Gasteiger partial charge in [0.25, 0.3) is 0 Å². The summed E-state index contributed by atoms with van der Waals surface area (Å²) in [6.07, 6.45) is 3.79. The fraction of sp³-hybridized carbons (Fsp3) is 0.175. The van der Waals surface area contributed by atoms with Crippen LogP contribution in [0.1, 0.15) is 53.0 Å². The van der Waals surface area contributed by atoms with Crippen molar-refractivity contribution in [2.75, 3.05) is 0 Å². The quantitative estimate of drug-likeness (QED) is 0.118. The van der Waals surface area contributed by atoms with Gasteiger partial charge in [-0.2, -0.15) is 0 Å². The first-order chi connectivity index (χ1) is 31.4. The number of nitrogens with zero attached hydrogens (tertiary/aromatic N) is 4. The molecule has 10 rings (SSSR count). The van der Waals surface area contributed by atoms with Crippen LogP contribution in [0.3, 0.4) is 0 Å². The van der Waals surface area contributed by atoms with Crippen molar-refractivity contribution < 1.29 is 34.7 Å². The molecule has 0 aliphatic carbocycles. The van der Waals surface area contributed by atoms with Crippen molar-refractivity contribution in [2.24, 2.45) is 0 Å². The number of halogens is 2. The van der Waals surface area contributed by atoms with E-state index in [0.29, 0.717) is 39.1 Å². The minimum atomic E-state index is -1.78. The van der Waals surface area contributed by atoms with E-state index in [4.69, 9.17) is 15.8 Å². The van der Waals surface area contributed by atoms with E-state index in [0.717, 1.165) is 55.7 Å². The van der Waals surface area contributed by atoms with Crippen LogP contribution in [0.15, 0.2) is 156 Å². The average molecular weight is 1110 g/mol. The van der Waals surface area contributed by atoms with Crippen molar-refractivity contribution in [3.8, 4) is 50.6 Å². The fourth-order valence-electron chi connectivity index (χ4n) is 8.15. The molecular formula is C57H50F2GeIrN4O-2. The molecule has 6 aromatic carbocycles.